The zero-order valence-electron chi connectivity index (χ0n) is 6.68. The van der Waals surface area contributed by atoms with Crippen molar-refractivity contribution in [1.29, 1.82) is 0 Å². The van der Waals surface area contributed by atoms with Crippen LogP contribution in [0.2, 0.25) is 0 Å². The molecule has 1 rings (SSSR count). The van der Waals surface area contributed by atoms with Crippen molar-refractivity contribution in [2.24, 2.45) is 5.73 Å². The number of nitrogens with two attached hydrogens (primary N) is 1. The van der Waals surface area contributed by atoms with Gasteiger partial charge in [-0.3, -0.25) is 0 Å². The molecule has 0 aromatic carbocycles. The second-order valence-corrected chi connectivity index (χ2v) is 2.80. The number of aliphatic hydroxyl groups excluding tert-OH is 1. The fraction of sp³-hybridized carbons (Fsp3) is 0.714. The standard InChI is InChI=1S/C7H11N2O3/c1-3-5(10)4(8)6(12-3)7(11)9-2/h2-6,10H,8H2,1H3/q+1/t3-,4?,5?,6-/m0/s1. The minimum absolute atomic E-state index is 0.448. The van der Waals surface area contributed by atoms with Crippen LogP contribution in [0, 0.1) is 6.57 Å². The Morgan fingerprint density at radius 3 is 2.67 bits per heavy atom. The van der Waals surface area contributed by atoms with E-state index in [0.29, 0.717) is 0 Å². The average Bonchev–Trinajstić information content (AvgIpc) is 2.32. The first-order valence-corrected chi connectivity index (χ1v) is 3.61. The Bertz CT molecular complexity index is 235. The quantitative estimate of drug-likeness (QED) is 0.528. The van der Waals surface area contributed by atoms with Gasteiger partial charge in [-0.25, -0.2) is 0 Å². The molecule has 0 saturated carbocycles. The van der Waals surface area contributed by atoms with Gasteiger partial charge >= 0.3 is 5.91 Å². The lowest BCUT2D eigenvalue weighted by atomic mass is 10.1. The van der Waals surface area contributed by atoms with Gasteiger partial charge in [0.05, 0.1) is 18.2 Å². The molecular weight excluding hydrogens is 160 g/mol. The number of nitrogens with zero attached hydrogens (tertiary/aromatic N) is 1. The SMILES string of the molecule is C#[N+]C(=O)[C@H]1O[C@@H](C)C(O)C1N. The third-order valence-electron chi connectivity index (χ3n) is 1.96. The molecule has 2 unspecified atom stereocenters. The summed E-state index contributed by atoms with van der Waals surface area (Å²) in [5, 5.41) is 9.30. The van der Waals surface area contributed by atoms with E-state index in [2.05, 4.69) is 4.85 Å². The molecule has 1 heterocycles. The van der Waals surface area contributed by atoms with Gasteiger partial charge in [-0.05, 0) is 6.92 Å². The third-order valence-corrected chi connectivity index (χ3v) is 1.96. The number of hydrogen-bond donors (Lipinski definition) is 2. The summed E-state index contributed by atoms with van der Waals surface area (Å²) < 4.78 is 5.04. The number of aliphatic hydroxyl groups is 1. The van der Waals surface area contributed by atoms with Crippen molar-refractivity contribution in [1.82, 2.24) is 0 Å². The highest BCUT2D eigenvalue weighted by atomic mass is 16.5. The number of hydrogen-bond acceptors (Lipinski definition) is 4. The van der Waals surface area contributed by atoms with Crippen LogP contribution in [0.1, 0.15) is 6.92 Å². The Balaban J connectivity index is 2.72. The molecule has 0 aromatic heterocycles. The fourth-order valence-corrected chi connectivity index (χ4v) is 1.19. The van der Waals surface area contributed by atoms with Gasteiger partial charge in [0.15, 0.2) is 0 Å². The molecule has 5 heteroatoms. The largest absolute Gasteiger partial charge is 0.545 e. The molecule has 0 aliphatic carbocycles. The maximum Gasteiger partial charge on any atom is 0.545 e. The third kappa shape index (κ3) is 1.32. The summed E-state index contributed by atoms with van der Waals surface area (Å²) in [6, 6.07) is -0.736. The van der Waals surface area contributed by atoms with Crippen molar-refractivity contribution in [3.05, 3.63) is 4.85 Å². The van der Waals surface area contributed by atoms with Crippen LogP contribution in [-0.4, -0.2) is 35.4 Å². The molecule has 0 aromatic rings. The van der Waals surface area contributed by atoms with Crippen LogP contribution in [0.3, 0.4) is 0 Å². The van der Waals surface area contributed by atoms with Gasteiger partial charge < -0.3 is 15.6 Å². The molecule has 66 valence electrons. The Kier molecular flexibility index (Phi) is 2.43. The van der Waals surface area contributed by atoms with Crippen LogP contribution in [0.25, 0.3) is 4.85 Å². The summed E-state index contributed by atoms with van der Waals surface area (Å²) in [7, 11) is 0. The summed E-state index contributed by atoms with van der Waals surface area (Å²) in [6.45, 7) is 6.40. The predicted octanol–water partition coefficient (Wildman–Crippen LogP) is -1.05. The first-order chi connectivity index (χ1) is 5.57. The van der Waals surface area contributed by atoms with E-state index in [-0.39, 0.29) is 0 Å². The van der Waals surface area contributed by atoms with Crippen molar-refractivity contribution in [3.63, 3.8) is 0 Å². The lowest BCUT2D eigenvalue weighted by Gasteiger charge is -2.08. The molecule has 3 N–H and O–H groups in total. The van der Waals surface area contributed by atoms with E-state index in [1.165, 1.54) is 0 Å². The first-order valence-electron chi connectivity index (χ1n) is 3.61. The number of rotatable bonds is 1. The topological polar surface area (TPSA) is 76.9 Å². The van der Waals surface area contributed by atoms with Gasteiger partial charge in [0.2, 0.25) is 6.10 Å². The molecule has 5 nitrogen and oxygen atoms in total. The molecule has 0 radical (unpaired) electrons. The molecule has 4 atom stereocenters. The molecule has 0 bridgehead atoms. The lowest BCUT2D eigenvalue weighted by Crippen LogP contribution is -2.42. The second-order valence-electron chi connectivity index (χ2n) is 2.80. The van der Waals surface area contributed by atoms with Crippen LogP contribution >= 0.6 is 0 Å². The molecule has 0 spiro atoms. The van der Waals surface area contributed by atoms with Crippen LogP contribution in [0.4, 0.5) is 0 Å². The number of carbonyl (C=O) groups excluding carboxylic acids is 1. The van der Waals surface area contributed by atoms with E-state index in [1.54, 1.807) is 6.92 Å². The molecule has 1 amide bonds. The van der Waals surface area contributed by atoms with Crippen LogP contribution in [-0.2, 0) is 9.53 Å². The van der Waals surface area contributed by atoms with Gasteiger partial charge in [0.1, 0.15) is 0 Å². The average molecular weight is 171 g/mol. The molecule has 1 saturated heterocycles. The van der Waals surface area contributed by atoms with E-state index in [1.807, 2.05) is 0 Å². The van der Waals surface area contributed by atoms with Crippen molar-refractivity contribution in [2.45, 2.75) is 31.3 Å². The highest BCUT2D eigenvalue weighted by Crippen LogP contribution is 2.19. The van der Waals surface area contributed by atoms with E-state index in [0.717, 1.165) is 0 Å². The number of ether oxygens (including phenoxy) is 1. The summed E-state index contributed by atoms with van der Waals surface area (Å²) in [5.74, 6) is -0.633. The molecule has 1 aliphatic heterocycles. The summed E-state index contributed by atoms with van der Waals surface area (Å²) >= 11 is 0. The second kappa shape index (κ2) is 3.19. The van der Waals surface area contributed by atoms with Crippen LogP contribution in [0.5, 0.6) is 0 Å². The van der Waals surface area contributed by atoms with E-state index in [4.69, 9.17) is 17.0 Å². The summed E-state index contributed by atoms with van der Waals surface area (Å²) in [6.07, 6.45) is -2.18. The summed E-state index contributed by atoms with van der Waals surface area (Å²) in [4.78, 5) is 13.8. The maximum absolute atomic E-state index is 10.9. The van der Waals surface area contributed by atoms with E-state index in [9.17, 15) is 9.90 Å². The minimum atomic E-state index is -0.903. The van der Waals surface area contributed by atoms with Gasteiger partial charge in [0, 0.05) is 4.85 Å². The number of amides is 1. The lowest BCUT2D eigenvalue weighted by molar-refractivity contribution is -0.125. The van der Waals surface area contributed by atoms with Crippen molar-refractivity contribution >= 4 is 5.91 Å². The highest BCUT2D eigenvalue weighted by Gasteiger charge is 2.47. The Morgan fingerprint density at radius 2 is 2.33 bits per heavy atom. The predicted molar refractivity (Wildman–Crippen MR) is 41.6 cm³/mol. The first kappa shape index (κ1) is 9.13. The normalized spacial score (nSPS) is 40.8. The maximum atomic E-state index is 10.9. The Hall–Kier alpha value is -0.960. The van der Waals surface area contributed by atoms with Crippen molar-refractivity contribution in [3.8, 4) is 6.57 Å². The molecule has 1 aliphatic rings. The van der Waals surface area contributed by atoms with Gasteiger partial charge in [0.25, 0.3) is 6.57 Å². The number of carbonyl (C=O) groups is 1. The van der Waals surface area contributed by atoms with Crippen LogP contribution < -0.4 is 5.73 Å². The zero-order valence-corrected chi connectivity index (χ0v) is 6.68. The monoisotopic (exact) mass is 171 g/mol. The minimum Gasteiger partial charge on any atom is -0.389 e. The van der Waals surface area contributed by atoms with Gasteiger partial charge in [-0.2, -0.15) is 4.79 Å². The smallest absolute Gasteiger partial charge is 0.389 e. The molecule has 12 heavy (non-hydrogen) atoms. The Morgan fingerprint density at radius 1 is 1.75 bits per heavy atom. The van der Waals surface area contributed by atoms with Gasteiger partial charge in [-0.1, -0.05) is 0 Å². The van der Waals surface area contributed by atoms with Crippen molar-refractivity contribution in [2.75, 3.05) is 0 Å². The zero-order chi connectivity index (χ0) is 9.30. The Labute approximate surface area is 69.9 Å². The van der Waals surface area contributed by atoms with E-state index < -0.39 is 30.3 Å². The van der Waals surface area contributed by atoms with Gasteiger partial charge in [-0.15, -0.1) is 0 Å². The van der Waals surface area contributed by atoms with Crippen LogP contribution in [0.15, 0.2) is 0 Å². The van der Waals surface area contributed by atoms with E-state index >= 15 is 0 Å². The fourth-order valence-electron chi connectivity index (χ4n) is 1.19. The van der Waals surface area contributed by atoms with Crippen molar-refractivity contribution < 1.29 is 14.6 Å². The molecule has 1 fully saturated rings. The highest BCUT2D eigenvalue weighted by molar-refractivity contribution is 5.91. The molecular formula is C7H11N2O3+. The summed E-state index contributed by atoms with van der Waals surface area (Å²) in [5.41, 5.74) is 5.48.